The third-order valence-corrected chi connectivity index (χ3v) is 3.03. The Morgan fingerprint density at radius 3 is 2.24 bits per heavy atom. The molecule has 2 amide bonds. The summed E-state index contributed by atoms with van der Waals surface area (Å²) in [5, 5.41) is 8.67. The number of hydrogen-bond donors (Lipinski definition) is 3. The van der Waals surface area contributed by atoms with E-state index in [1.165, 1.54) is 0 Å². The van der Waals surface area contributed by atoms with Crippen LogP contribution in [0.1, 0.15) is 27.7 Å². The predicted octanol–water partition coefficient (Wildman–Crippen LogP) is 2.47. The second-order valence-corrected chi connectivity index (χ2v) is 6.23. The molecule has 1 atom stereocenters. The first-order chi connectivity index (χ1) is 9.74. The molecular formula is C16H25N3O2. The molecule has 0 aromatic heterocycles. The lowest BCUT2D eigenvalue weighted by Gasteiger charge is -2.18. The van der Waals surface area contributed by atoms with Crippen LogP contribution in [0.15, 0.2) is 24.3 Å². The number of carbonyl (C=O) groups excluding carboxylic acids is 2. The second kappa shape index (κ2) is 7.22. The van der Waals surface area contributed by atoms with Gasteiger partial charge in [0.25, 0.3) is 0 Å². The molecule has 3 N–H and O–H groups in total. The molecule has 1 aromatic carbocycles. The maximum Gasteiger partial charge on any atom is 0.229 e. The van der Waals surface area contributed by atoms with E-state index in [2.05, 4.69) is 16.0 Å². The van der Waals surface area contributed by atoms with Crippen molar-refractivity contribution in [2.24, 2.45) is 11.3 Å². The quantitative estimate of drug-likeness (QED) is 0.780. The Bertz CT molecular complexity index is 506. The zero-order valence-corrected chi connectivity index (χ0v) is 13.4. The highest BCUT2D eigenvalue weighted by molar-refractivity contribution is 5.96. The topological polar surface area (TPSA) is 70.2 Å². The van der Waals surface area contributed by atoms with Gasteiger partial charge in [0.2, 0.25) is 11.8 Å². The van der Waals surface area contributed by atoms with E-state index in [9.17, 15) is 9.59 Å². The van der Waals surface area contributed by atoms with E-state index >= 15 is 0 Å². The molecule has 0 saturated heterocycles. The lowest BCUT2D eigenvalue weighted by atomic mass is 9.95. The molecule has 116 valence electrons. The zero-order chi connectivity index (χ0) is 16.0. The first kappa shape index (κ1) is 17.2. The number of hydrogen-bond acceptors (Lipinski definition) is 3. The number of carbonyl (C=O) groups is 2. The predicted molar refractivity (Wildman–Crippen MR) is 86.2 cm³/mol. The molecule has 0 fully saturated rings. The van der Waals surface area contributed by atoms with Gasteiger partial charge in [0.05, 0.1) is 0 Å². The summed E-state index contributed by atoms with van der Waals surface area (Å²) in [6, 6.07) is 7.16. The molecule has 1 rings (SSSR count). The summed E-state index contributed by atoms with van der Waals surface area (Å²) in [6.45, 7) is 8.04. The van der Waals surface area contributed by atoms with Crippen LogP contribution in [0.3, 0.4) is 0 Å². The van der Waals surface area contributed by atoms with Gasteiger partial charge >= 0.3 is 0 Å². The van der Waals surface area contributed by atoms with Crippen LogP contribution in [-0.2, 0) is 9.59 Å². The summed E-state index contributed by atoms with van der Waals surface area (Å²) in [5.41, 5.74) is 0.893. The molecule has 5 heteroatoms. The molecule has 0 aliphatic rings. The average Bonchev–Trinajstić information content (AvgIpc) is 2.38. The molecule has 0 radical (unpaired) electrons. The van der Waals surface area contributed by atoms with Gasteiger partial charge in [-0.2, -0.15) is 0 Å². The van der Waals surface area contributed by atoms with E-state index < -0.39 is 5.41 Å². The average molecular weight is 291 g/mol. The number of rotatable bonds is 5. The number of anilines is 2. The minimum absolute atomic E-state index is 0.0522. The van der Waals surface area contributed by atoms with Crippen LogP contribution in [0, 0.1) is 11.3 Å². The summed E-state index contributed by atoms with van der Waals surface area (Å²) in [7, 11) is 1.81. The Hall–Kier alpha value is -1.88. The van der Waals surface area contributed by atoms with E-state index in [1.807, 2.05) is 34.7 Å². The molecule has 0 heterocycles. The van der Waals surface area contributed by atoms with Gasteiger partial charge in [0.1, 0.15) is 0 Å². The van der Waals surface area contributed by atoms with Gasteiger partial charge in [0.15, 0.2) is 0 Å². The molecule has 1 aromatic rings. The van der Waals surface area contributed by atoms with Gasteiger partial charge in [-0.05, 0) is 25.2 Å². The van der Waals surface area contributed by atoms with Crippen LogP contribution >= 0.6 is 0 Å². The Morgan fingerprint density at radius 1 is 1.14 bits per heavy atom. The number of nitrogens with one attached hydrogen (secondary N) is 3. The lowest BCUT2D eigenvalue weighted by molar-refractivity contribution is -0.123. The SMILES string of the molecule is CNCC(C)C(=O)Nc1cccc(NC(=O)C(C)(C)C)c1. The van der Waals surface area contributed by atoms with Crippen LogP contribution in [0.5, 0.6) is 0 Å². The summed E-state index contributed by atoms with van der Waals surface area (Å²) < 4.78 is 0. The van der Waals surface area contributed by atoms with Gasteiger partial charge in [-0.25, -0.2) is 0 Å². The molecule has 0 saturated carbocycles. The highest BCUT2D eigenvalue weighted by atomic mass is 16.2. The van der Waals surface area contributed by atoms with Crippen molar-refractivity contribution in [2.75, 3.05) is 24.2 Å². The fourth-order valence-corrected chi connectivity index (χ4v) is 1.66. The third kappa shape index (κ3) is 5.55. The van der Waals surface area contributed by atoms with Gasteiger partial charge in [-0.15, -0.1) is 0 Å². The lowest BCUT2D eigenvalue weighted by Crippen LogP contribution is -2.29. The monoisotopic (exact) mass is 291 g/mol. The van der Waals surface area contributed by atoms with E-state index in [0.29, 0.717) is 17.9 Å². The molecule has 0 spiro atoms. The smallest absolute Gasteiger partial charge is 0.229 e. The van der Waals surface area contributed by atoms with Crippen molar-refractivity contribution in [1.82, 2.24) is 5.32 Å². The van der Waals surface area contributed by atoms with E-state index in [1.54, 1.807) is 24.3 Å². The van der Waals surface area contributed by atoms with Gasteiger partial charge < -0.3 is 16.0 Å². The molecule has 21 heavy (non-hydrogen) atoms. The van der Waals surface area contributed by atoms with Crippen LogP contribution in [0.4, 0.5) is 11.4 Å². The van der Waals surface area contributed by atoms with Crippen molar-refractivity contribution in [3.63, 3.8) is 0 Å². The zero-order valence-electron chi connectivity index (χ0n) is 13.4. The largest absolute Gasteiger partial charge is 0.326 e. The van der Waals surface area contributed by atoms with Crippen LogP contribution in [0.25, 0.3) is 0 Å². The molecule has 1 unspecified atom stereocenters. The van der Waals surface area contributed by atoms with Crippen molar-refractivity contribution in [2.45, 2.75) is 27.7 Å². The molecule has 0 bridgehead atoms. The van der Waals surface area contributed by atoms with Crippen LogP contribution in [0.2, 0.25) is 0 Å². The van der Waals surface area contributed by atoms with Crippen molar-refractivity contribution in [1.29, 1.82) is 0 Å². The maximum atomic E-state index is 12.0. The Morgan fingerprint density at radius 2 is 1.71 bits per heavy atom. The Balaban J connectivity index is 2.73. The van der Waals surface area contributed by atoms with Gasteiger partial charge in [-0.1, -0.05) is 33.8 Å². The second-order valence-electron chi connectivity index (χ2n) is 6.23. The minimum Gasteiger partial charge on any atom is -0.326 e. The Labute approximate surface area is 126 Å². The maximum absolute atomic E-state index is 12.0. The highest BCUT2D eigenvalue weighted by Gasteiger charge is 2.21. The van der Waals surface area contributed by atoms with Gasteiger partial charge in [0, 0.05) is 29.3 Å². The van der Waals surface area contributed by atoms with Crippen molar-refractivity contribution < 1.29 is 9.59 Å². The summed E-state index contributed by atoms with van der Waals surface area (Å²) in [6.07, 6.45) is 0. The standard InChI is InChI=1S/C16H25N3O2/c1-11(10-17-5)14(20)18-12-7-6-8-13(9-12)19-15(21)16(2,3)4/h6-9,11,17H,10H2,1-5H3,(H,18,20)(H,19,21). The summed E-state index contributed by atoms with van der Waals surface area (Å²) in [5.74, 6) is -0.235. The van der Waals surface area contributed by atoms with E-state index in [-0.39, 0.29) is 17.7 Å². The first-order valence-corrected chi connectivity index (χ1v) is 7.11. The minimum atomic E-state index is -0.458. The molecule has 0 aliphatic heterocycles. The Kier molecular flexibility index (Phi) is 5.90. The summed E-state index contributed by atoms with van der Waals surface area (Å²) in [4.78, 5) is 23.9. The molecule has 0 aliphatic carbocycles. The van der Waals surface area contributed by atoms with Gasteiger partial charge in [-0.3, -0.25) is 9.59 Å². The molecular weight excluding hydrogens is 266 g/mol. The van der Waals surface area contributed by atoms with Crippen LogP contribution in [-0.4, -0.2) is 25.4 Å². The summed E-state index contributed by atoms with van der Waals surface area (Å²) >= 11 is 0. The number of benzene rings is 1. The fraction of sp³-hybridized carbons (Fsp3) is 0.500. The van der Waals surface area contributed by atoms with Crippen molar-refractivity contribution in [3.05, 3.63) is 24.3 Å². The fourth-order valence-electron chi connectivity index (χ4n) is 1.66. The molecule has 5 nitrogen and oxygen atoms in total. The first-order valence-electron chi connectivity index (χ1n) is 7.11. The van der Waals surface area contributed by atoms with Crippen molar-refractivity contribution in [3.8, 4) is 0 Å². The third-order valence-electron chi connectivity index (χ3n) is 3.03. The number of amides is 2. The normalized spacial score (nSPS) is 12.6. The van der Waals surface area contributed by atoms with E-state index in [0.717, 1.165) is 0 Å². The van der Waals surface area contributed by atoms with Crippen molar-refractivity contribution >= 4 is 23.2 Å². The highest BCUT2D eigenvalue weighted by Crippen LogP contribution is 2.20. The van der Waals surface area contributed by atoms with Crippen LogP contribution < -0.4 is 16.0 Å². The van der Waals surface area contributed by atoms with E-state index in [4.69, 9.17) is 0 Å².